The van der Waals surface area contributed by atoms with Crippen LogP contribution in [0.5, 0.6) is 0 Å². The second-order valence-corrected chi connectivity index (χ2v) is 6.94. The fourth-order valence-corrected chi connectivity index (χ4v) is 2.48. The van der Waals surface area contributed by atoms with Crippen LogP contribution in [0.4, 0.5) is 0 Å². The summed E-state index contributed by atoms with van der Waals surface area (Å²) in [5.74, 6) is -1.73. The van der Waals surface area contributed by atoms with Crippen LogP contribution >= 0.6 is 15.9 Å². The number of alkyl halides is 1. The van der Waals surface area contributed by atoms with Gasteiger partial charge < -0.3 is 30.0 Å². The van der Waals surface area contributed by atoms with Gasteiger partial charge in [0.25, 0.3) is 0 Å². The van der Waals surface area contributed by atoms with Gasteiger partial charge in [-0.25, -0.2) is 4.79 Å². The molecule has 3 N–H and O–H groups in total. The lowest BCUT2D eigenvalue weighted by Crippen LogP contribution is -2.42. The zero-order valence-corrected chi connectivity index (χ0v) is 19.0. The molecule has 174 valence electrons. The number of halogens is 1. The molecule has 0 heterocycles. The van der Waals surface area contributed by atoms with Gasteiger partial charge in [-0.3, -0.25) is 14.4 Å². The van der Waals surface area contributed by atoms with Crippen LogP contribution in [0.15, 0.2) is 0 Å². The summed E-state index contributed by atoms with van der Waals surface area (Å²) in [6.45, 7) is 3.52. The monoisotopic (exact) mass is 496 g/mol. The molecular formula is C19H33BrN2O8. The summed E-state index contributed by atoms with van der Waals surface area (Å²) in [5.41, 5.74) is 0. The van der Waals surface area contributed by atoms with Gasteiger partial charge in [0, 0.05) is 26.2 Å². The van der Waals surface area contributed by atoms with E-state index in [1.165, 1.54) is 0 Å². The Morgan fingerprint density at radius 1 is 0.933 bits per heavy atom. The van der Waals surface area contributed by atoms with Crippen molar-refractivity contribution in [3.63, 3.8) is 0 Å². The highest BCUT2D eigenvalue weighted by atomic mass is 79.9. The molecule has 0 radical (unpaired) electrons. The average Bonchev–Trinajstić information content (AvgIpc) is 2.72. The number of hydrogen-bond donors (Lipinski definition) is 3. The standard InChI is InChI=1S/C19H33BrN2O8/c1-2-28-13-15(23)6-5-9-29-10-11-30-14-18(25)22-16(19(26)27)7-3-4-8-21-17(24)12-20/h16H,2-14H2,1H3,(H,21,24)(H,22,25)(H,26,27)/t16-/m1/s1. The predicted molar refractivity (Wildman–Crippen MR) is 113 cm³/mol. The van der Waals surface area contributed by atoms with Crippen molar-refractivity contribution in [1.29, 1.82) is 0 Å². The van der Waals surface area contributed by atoms with Crippen molar-refractivity contribution < 1.29 is 38.5 Å². The molecule has 11 heteroatoms. The minimum absolute atomic E-state index is 0.0324. The van der Waals surface area contributed by atoms with Crippen LogP contribution in [0.25, 0.3) is 0 Å². The molecule has 0 aromatic heterocycles. The molecule has 30 heavy (non-hydrogen) atoms. The summed E-state index contributed by atoms with van der Waals surface area (Å²) in [4.78, 5) is 45.5. The molecule has 0 aromatic carbocycles. The molecule has 0 aliphatic carbocycles. The predicted octanol–water partition coefficient (Wildman–Crippen LogP) is 0.656. The normalized spacial score (nSPS) is 11.7. The number of carbonyl (C=O) groups excluding carboxylic acids is 3. The van der Waals surface area contributed by atoms with Crippen LogP contribution in [0.1, 0.15) is 39.0 Å². The number of ketones is 1. The van der Waals surface area contributed by atoms with E-state index >= 15 is 0 Å². The smallest absolute Gasteiger partial charge is 0.326 e. The van der Waals surface area contributed by atoms with Crippen LogP contribution in [-0.2, 0) is 33.4 Å². The van der Waals surface area contributed by atoms with Crippen molar-refractivity contribution in [1.82, 2.24) is 10.6 Å². The molecule has 0 aromatic rings. The van der Waals surface area contributed by atoms with Crippen LogP contribution in [0.3, 0.4) is 0 Å². The number of carbonyl (C=O) groups is 4. The Balaban J connectivity index is 3.74. The second kappa shape index (κ2) is 19.4. The Labute approximate surface area is 185 Å². The van der Waals surface area contributed by atoms with Gasteiger partial charge in [-0.15, -0.1) is 0 Å². The van der Waals surface area contributed by atoms with E-state index in [2.05, 4.69) is 26.6 Å². The number of carboxylic acids is 1. The summed E-state index contributed by atoms with van der Waals surface area (Å²) in [6.07, 6.45) is 2.40. The molecule has 0 rings (SSSR count). The Morgan fingerprint density at radius 2 is 1.67 bits per heavy atom. The number of hydrogen-bond acceptors (Lipinski definition) is 7. The summed E-state index contributed by atoms with van der Waals surface area (Å²) in [6, 6.07) is -1.00. The maximum atomic E-state index is 11.8. The van der Waals surface area contributed by atoms with Gasteiger partial charge in [-0.05, 0) is 32.6 Å². The van der Waals surface area contributed by atoms with E-state index in [1.54, 1.807) is 0 Å². The molecule has 1 atom stereocenters. The molecule has 0 spiro atoms. The van der Waals surface area contributed by atoms with E-state index in [0.29, 0.717) is 45.4 Å². The number of unbranched alkanes of at least 4 members (excludes halogenated alkanes) is 1. The third kappa shape index (κ3) is 17.3. The van der Waals surface area contributed by atoms with Gasteiger partial charge in [0.2, 0.25) is 11.8 Å². The van der Waals surface area contributed by atoms with Gasteiger partial charge in [-0.1, -0.05) is 15.9 Å². The quantitative estimate of drug-likeness (QED) is 0.165. The van der Waals surface area contributed by atoms with E-state index in [1.807, 2.05) is 6.92 Å². The van der Waals surface area contributed by atoms with Crippen LogP contribution in [0.2, 0.25) is 0 Å². The highest BCUT2D eigenvalue weighted by Crippen LogP contribution is 2.01. The summed E-state index contributed by atoms with van der Waals surface area (Å²) in [5, 5.41) is 14.5. The van der Waals surface area contributed by atoms with Crippen molar-refractivity contribution in [3.05, 3.63) is 0 Å². The molecule has 0 fully saturated rings. The summed E-state index contributed by atoms with van der Waals surface area (Å²) >= 11 is 3.03. The van der Waals surface area contributed by atoms with Gasteiger partial charge in [0.15, 0.2) is 5.78 Å². The van der Waals surface area contributed by atoms with Crippen LogP contribution < -0.4 is 10.6 Å². The van der Waals surface area contributed by atoms with Gasteiger partial charge in [-0.2, -0.15) is 0 Å². The number of amides is 2. The Morgan fingerprint density at radius 3 is 2.33 bits per heavy atom. The van der Waals surface area contributed by atoms with Crippen LogP contribution in [-0.4, -0.2) is 86.2 Å². The molecule has 0 saturated heterocycles. The fourth-order valence-electron chi connectivity index (χ4n) is 2.29. The maximum absolute atomic E-state index is 11.8. The van der Waals surface area contributed by atoms with Crippen molar-refractivity contribution in [2.45, 2.75) is 45.1 Å². The Hall–Kier alpha value is -1.56. The molecule has 0 bridgehead atoms. The van der Waals surface area contributed by atoms with Crippen molar-refractivity contribution in [3.8, 4) is 0 Å². The van der Waals surface area contributed by atoms with Crippen LogP contribution in [0, 0.1) is 0 Å². The molecular weight excluding hydrogens is 464 g/mol. The number of carboxylic acid groups (broad SMARTS) is 1. The van der Waals surface area contributed by atoms with E-state index in [4.69, 9.17) is 14.2 Å². The van der Waals surface area contributed by atoms with E-state index in [-0.39, 0.29) is 49.9 Å². The molecule has 10 nitrogen and oxygen atoms in total. The Bertz CT molecular complexity index is 519. The number of ether oxygens (including phenoxy) is 3. The van der Waals surface area contributed by atoms with Gasteiger partial charge in [0.05, 0.1) is 18.5 Å². The summed E-state index contributed by atoms with van der Waals surface area (Å²) < 4.78 is 15.5. The van der Waals surface area contributed by atoms with E-state index in [9.17, 15) is 24.3 Å². The second-order valence-electron chi connectivity index (χ2n) is 6.38. The lowest BCUT2D eigenvalue weighted by Gasteiger charge is -2.14. The first-order valence-corrected chi connectivity index (χ1v) is 11.1. The molecule has 0 saturated carbocycles. The zero-order chi connectivity index (χ0) is 22.6. The molecule has 0 unspecified atom stereocenters. The lowest BCUT2D eigenvalue weighted by atomic mass is 10.1. The first-order chi connectivity index (χ1) is 14.4. The summed E-state index contributed by atoms with van der Waals surface area (Å²) in [7, 11) is 0. The lowest BCUT2D eigenvalue weighted by molar-refractivity contribution is -0.142. The minimum atomic E-state index is -1.12. The average molecular weight is 497 g/mol. The van der Waals surface area contributed by atoms with E-state index in [0.717, 1.165) is 0 Å². The minimum Gasteiger partial charge on any atom is -0.480 e. The highest BCUT2D eigenvalue weighted by molar-refractivity contribution is 9.09. The van der Waals surface area contributed by atoms with Crippen molar-refractivity contribution in [2.75, 3.05) is 51.5 Å². The number of nitrogens with one attached hydrogen (secondary N) is 2. The number of aliphatic carboxylic acids is 1. The first-order valence-electron chi connectivity index (χ1n) is 10.00. The topological polar surface area (TPSA) is 140 Å². The molecule has 0 aliphatic heterocycles. The fraction of sp³-hybridized carbons (Fsp3) is 0.789. The zero-order valence-electron chi connectivity index (χ0n) is 17.5. The highest BCUT2D eigenvalue weighted by Gasteiger charge is 2.19. The number of rotatable bonds is 20. The third-order valence-electron chi connectivity index (χ3n) is 3.81. The molecule has 2 amide bonds. The van der Waals surface area contributed by atoms with E-state index < -0.39 is 17.9 Å². The van der Waals surface area contributed by atoms with Gasteiger partial charge >= 0.3 is 5.97 Å². The SMILES string of the molecule is CCOCC(=O)CCCOCCOCC(=O)N[C@H](CCCCNC(=O)CBr)C(=O)O. The Kier molecular flexibility index (Phi) is 18.4. The maximum Gasteiger partial charge on any atom is 0.326 e. The van der Waals surface area contributed by atoms with Crippen molar-refractivity contribution >= 4 is 39.5 Å². The largest absolute Gasteiger partial charge is 0.480 e. The van der Waals surface area contributed by atoms with Crippen molar-refractivity contribution in [2.24, 2.45) is 0 Å². The molecule has 0 aliphatic rings. The third-order valence-corrected chi connectivity index (χ3v) is 4.32. The first kappa shape index (κ1) is 28.4. The van der Waals surface area contributed by atoms with Gasteiger partial charge in [0.1, 0.15) is 19.3 Å². The number of Topliss-reactive ketones (excluding diaryl/α,β-unsaturated/α-hetero) is 1.